The lowest BCUT2D eigenvalue weighted by Crippen LogP contribution is -2.27. The zero-order valence-electron chi connectivity index (χ0n) is 7.85. The Kier molecular flexibility index (Phi) is 7.26. The van der Waals surface area contributed by atoms with E-state index in [-0.39, 0.29) is 37.5 Å². The first-order valence-corrected chi connectivity index (χ1v) is 5.37. The molecule has 82 valence electrons. The number of nitrogens with two attached hydrogens (primary N) is 2. The van der Waals surface area contributed by atoms with Crippen LogP contribution in [0.3, 0.4) is 0 Å². The van der Waals surface area contributed by atoms with Crippen LogP contribution < -0.4 is 11.5 Å². The highest BCUT2D eigenvalue weighted by atomic mass is 32.1. The number of Topliss-reactive ketones (excluding diaryl/α,β-unsaturated/α-hetero) is 2. The van der Waals surface area contributed by atoms with E-state index in [4.69, 9.17) is 11.5 Å². The molecule has 0 aromatic rings. The Bertz CT molecular complexity index is 190. The molecule has 0 radical (unpaired) electrons. The van der Waals surface area contributed by atoms with Crippen LogP contribution >= 0.6 is 25.3 Å². The van der Waals surface area contributed by atoms with Crippen LogP contribution in [0, 0.1) is 0 Å². The molecule has 0 aliphatic heterocycles. The molecule has 2 atom stereocenters. The molecule has 0 saturated heterocycles. The Morgan fingerprint density at radius 3 is 1.43 bits per heavy atom. The predicted octanol–water partition coefficient (Wildman–Crippen LogP) is -0.581. The fraction of sp³-hybridized carbons (Fsp3) is 0.750. The van der Waals surface area contributed by atoms with Gasteiger partial charge in [-0.25, -0.2) is 0 Å². The Hall–Kier alpha value is -0.0400. The monoisotopic (exact) mass is 236 g/mol. The molecular formula is C8H16N2O2S2. The second kappa shape index (κ2) is 7.28. The van der Waals surface area contributed by atoms with Gasteiger partial charge in [0.1, 0.15) is 11.6 Å². The van der Waals surface area contributed by atoms with E-state index < -0.39 is 10.5 Å². The first-order valence-electron chi connectivity index (χ1n) is 4.34. The minimum atomic E-state index is -0.473. The fourth-order valence-corrected chi connectivity index (χ4v) is 1.10. The van der Waals surface area contributed by atoms with Crippen molar-refractivity contribution < 1.29 is 9.59 Å². The lowest BCUT2D eigenvalue weighted by molar-refractivity contribution is -0.123. The third kappa shape index (κ3) is 4.99. The molecule has 4 nitrogen and oxygen atoms in total. The summed E-state index contributed by atoms with van der Waals surface area (Å²) in [5, 5.41) is -0.946. The van der Waals surface area contributed by atoms with Crippen molar-refractivity contribution in [3.05, 3.63) is 0 Å². The summed E-state index contributed by atoms with van der Waals surface area (Å²) in [5.74, 6) is -0.219. The predicted molar refractivity (Wildman–Crippen MR) is 62.9 cm³/mol. The summed E-state index contributed by atoms with van der Waals surface area (Å²) in [6, 6.07) is 0. The smallest absolute Gasteiger partial charge is 0.147 e. The lowest BCUT2D eigenvalue weighted by Gasteiger charge is -2.08. The summed E-state index contributed by atoms with van der Waals surface area (Å²) in [6.07, 6.45) is 0.336. The van der Waals surface area contributed by atoms with E-state index in [2.05, 4.69) is 25.3 Å². The van der Waals surface area contributed by atoms with Crippen LogP contribution in [0.1, 0.15) is 12.8 Å². The molecule has 0 heterocycles. The van der Waals surface area contributed by atoms with Crippen molar-refractivity contribution in [1.82, 2.24) is 0 Å². The van der Waals surface area contributed by atoms with E-state index in [0.29, 0.717) is 0 Å². The maximum atomic E-state index is 11.2. The number of ketones is 2. The maximum absolute atomic E-state index is 11.2. The van der Waals surface area contributed by atoms with Gasteiger partial charge in [0.05, 0.1) is 10.5 Å². The first kappa shape index (κ1) is 14.0. The number of rotatable bonds is 7. The molecule has 4 N–H and O–H groups in total. The molecule has 0 rings (SSSR count). The SMILES string of the molecule is NCC(S)C(=O)CCC(=O)C(S)CN. The number of hydrogen-bond acceptors (Lipinski definition) is 6. The van der Waals surface area contributed by atoms with E-state index >= 15 is 0 Å². The standard InChI is InChI=1S/C8H16N2O2S2/c9-3-7(13)5(11)1-2-6(12)8(14)4-10/h7-8,13-14H,1-4,9-10H2. The fourth-order valence-electron chi connectivity index (χ4n) is 0.843. The van der Waals surface area contributed by atoms with Gasteiger partial charge in [0.2, 0.25) is 0 Å². The van der Waals surface area contributed by atoms with E-state index in [1.165, 1.54) is 0 Å². The Morgan fingerprint density at radius 1 is 0.929 bits per heavy atom. The van der Waals surface area contributed by atoms with E-state index in [1.54, 1.807) is 0 Å². The molecule has 0 aromatic carbocycles. The Labute approximate surface area is 94.6 Å². The third-order valence-electron chi connectivity index (χ3n) is 1.81. The quantitative estimate of drug-likeness (QED) is 0.445. The highest BCUT2D eigenvalue weighted by molar-refractivity contribution is 7.82. The summed E-state index contributed by atoms with van der Waals surface area (Å²) in [7, 11) is 0. The van der Waals surface area contributed by atoms with E-state index in [0.717, 1.165) is 0 Å². The van der Waals surface area contributed by atoms with Crippen LogP contribution in [0.2, 0.25) is 0 Å². The molecule has 0 bridgehead atoms. The molecule has 0 amide bonds. The van der Waals surface area contributed by atoms with Gasteiger partial charge in [-0.3, -0.25) is 9.59 Å². The molecule has 0 spiro atoms. The van der Waals surface area contributed by atoms with Crippen LogP contribution in [0.25, 0.3) is 0 Å². The van der Waals surface area contributed by atoms with Crippen LogP contribution in [0.4, 0.5) is 0 Å². The van der Waals surface area contributed by atoms with Crippen molar-refractivity contribution in [1.29, 1.82) is 0 Å². The zero-order chi connectivity index (χ0) is 11.1. The average Bonchev–Trinajstić information content (AvgIpc) is 2.22. The topological polar surface area (TPSA) is 86.2 Å². The Balaban J connectivity index is 3.83. The average molecular weight is 236 g/mol. The van der Waals surface area contributed by atoms with Gasteiger partial charge in [-0.05, 0) is 0 Å². The highest BCUT2D eigenvalue weighted by Crippen LogP contribution is 2.05. The van der Waals surface area contributed by atoms with E-state index in [9.17, 15) is 9.59 Å². The van der Waals surface area contributed by atoms with Gasteiger partial charge in [0.25, 0.3) is 0 Å². The van der Waals surface area contributed by atoms with Crippen LogP contribution in [0.5, 0.6) is 0 Å². The molecule has 0 aliphatic carbocycles. The molecule has 14 heavy (non-hydrogen) atoms. The summed E-state index contributed by atoms with van der Waals surface area (Å²) in [4.78, 5) is 22.4. The summed E-state index contributed by atoms with van der Waals surface area (Å²) in [6.45, 7) is 0.384. The third-order valence-corrected chi connectivity index (χ3v) is 2.81. The lowest BCUT2D eigenvalue weighted by atomic mass is 10.1. The number of carbonyl (C=O) groups is 2. The second-order valence-corrected chi connectivity index (χ2v) is 4.18. The number of hydrogen-bond donors (Lipinski definition) is 4. The zero-order valence-corrected chi connectivity index (χ0v) is 9.64. The maximum Gasteiger partial charge on any atom is 0.147 e. The minimum Gasteiger partial charge on any atom is -0.329 e. The summed E-state index contributed by atoms with van der Waals surface area (Å²) < 4.78 is 0. The molecule has 6 heteroatoms. The molecular weight excluding hydrogens is 220 g/mol. The molecule has 0 aliphatic rings. The Morgan fingerprint density at radius 2 is 1.21 bits per heavy atom. The molecule has 2 unspecified atom stereocenters. The van der Waals surface area contributed by atoms with E-state index in [1.807, 2.05) is 0 Å². The van der Waals surface area contributed by atoms with Gasteiger partial charge in [-0.15, -0.1) is 0 Å². The second-order valence-electron chi connectivity index (χ2n) is 2.94. The minimum absolute atomic E-state index is 0.110. The molecule has 0 fully saturated rings. The largest absolute Gasteiger partial charge is 0.329 e. The van der Waals surface area contributed by atoms with Gasteiger partial charge in [-0.2, -0.15) is 25.3 Å². The van der Waals surface area contributed by atoms with Gasteiger partial charge < -0.3 is 11.5 Å². The normalized spacial score (nSPS) is 14.9. The van der Waals surface area contributed by atoms with Crippen molar-refractivity contribution in [2.45, 2.75) is 23.3 Å². The number of carbonyl (C=O) groups excluding carboxylic acids is 2. The van der Waals surface area contributed by atoms with Gasteiger partial charge >= 0.3 is 0 Å². The molecule has 0 aromatic heterocycles. The van der Waals surface area contributed by atoms with Crippen LogP contribution in [-0.2, 0) is 9.59 Å². The van der Waals surface area contributed by atoms with Crippen molar-refractivity contribution in [3.8, 4) is 0 Å². The van der Waals surface area contributed by atoms with Gasteiger partial charge in [0.15, 0.2) is 0 Å². The summed E-state index contributed by atoms with van der Waals surface area (Å²) >= 11 is 7.94. The highest BCUT2D eigenvalue weighted by Gasteiger charge is 2.16. The van der Waals surface area contributed by atoms with Crippen molar-refractivity contribution in [2.75, 3.05) is 13.1 Å². The number of thiol groups is 2. The van der Waals surface area contributed by atoms with Crippen LogP contribution in [0.15, 0.2) is 0 Å². The van der Waals surface area contributed by atoms with Crippen LogP contribution in [-0.4, -0.2) is 35.2 Å². The van der Waals surface area contributed by atoms with Crippen molar-refractivity contribution in [3.63, 3.8) is 0 Å². The van der Waals surface area contributed by atoms with Crippen molar-refractivity contribution >= 4 is 36.8 Å². The summed E-state index contributed by atoms with van der Waals surface area (Å²) in [5.41, 5.74) is 10.5. The van der Waals surface area contributed by atoms with Gasteiger partial charge in [0, 0.05) is 25.9 Å². The molecule has 0 saturated carbocycles. The van der Waals surface area contributed by atoms with Crippen molar-refractivity contribution in [2.24, 2.45) is 11.5 Å². The van der Waals surface area contributed by atoms with Gasteiger partial charge in [-0.1, -0.05) is 0 Å². The first-order chi connectivity index (χ1) is 6.52.